The van der Waals surface area contributed by atoms with Gasteiger partial charge in [-0.25, -0.2) is 18.9 Å². The number of urea groups is 1. The number of carbonyl (C=O) groups is 1. The standard InChI is InChI=1S/C28H28FN7O2/c1-17-6-5-7-18(14-17)36-24(16-23(35-36)28(2,3)4)34-27(37)33-21-9-8-19(15-20(21)29)38-22-10-11-31-26-25(22)30-12-13-32-26/h5-12,14-16H,13H2,1-4H3,(H,31,32)(H2,33,34,37). The fraction of sp³-hybridized carbons (Fsp3) is 0.214. The Morgan fingerprint density at radius 1 is 1.11 bits per heavy atom. The monoisotopic (exact) mass is 513 g/mol. The van der Waals surface area contributed by atoms with E-state index in [0.29, 0.717) is 29.6 Å². The third-order valence-electron chi connectivity index (χ3n) is 5.85. The number of ether oxygens (including phenoxy) is 1. The van der Waals surface area contributed by atoms with Crippen LogP contribution < -0.4 is 20.7 Å². The molecule has 0 saturated heterocycles. The number of carbonyl (C=O) groups excluding carboxylic acids is 1. The summed E-state index contributed by atoms with van der Waals surface area (Å²) < 4.78 is 22.5. The molecule has 2 aromatic carbocycles. The molecule has 0 fully saturated rings. The van der Waals surface area contributed by atoms with Crippen LogP contribution in [0.5, 0.6) is 11.5 Å². The molecule has 0 spiro atoms. The quantitative estimate of drug-likeness (QED) is 0.280. The topological polar surface area (TPSA) is 105 Å². The second-order valence-corrected chi connectivity index (χ2v) is 9.94. The summed E-state index contributed by atoms with van der Waals surface area (Å²) in [5.41, 5.74) is 2.98. The Balaban J connectivity index is 1.33. The van der Waals surface area contributed by atoms with E-state index in [0.717, 1.165) is 16.9 Å². The second-order valence-electron chi connectivity index (χ2n) is 9.94. The number of fused-ring (bicyclic) bond motifs is 1. The molecule has 38 heavy (non-hydrogen) atoms. The van der Waals surface area contributed by atoms with Gasteiger partial charge in [-0.3, -0.25) is 10.3 Å². The number of rotatable bonds is 5. The van der Waals surface area contributed by atoms with Crippen molar-refractivity contribution >= 4 is 35.3 Å². The lowest BCUT2D eigenvalue weighted by atomic mass is 9.92. The molecule has 3 heterocycles. The molecule has 5 rings (SSSR count). The highest BCUT2D eigenvalue weighted by Crippen LogP contribution is 2.38. The number of aliphatic imine (C=N–C) groups is 1. The minimum absolute atomic E-state index is 0.00367. The predicted octanol–water partition coefficient (Wildman–Crippen LogP) is 6.58. The molecule has 0 bridgehead atoms. The number of amides is 2. The van der Waals surface area contributed by atoms with E-state index in [1.54, 1.807) is 29.2 Å². The molecule has 0 unspecified atom stereocenters. The van der Waals surface area contributed by atoms with Crippen LogP contribution in [-0.4, -0.2) is 33.6 Å². The minimum atomic E-state index is -0.648. The fourth-order valence-corrected chi connectivity index (χ4v) is 3.90. The lowest BCUT2D eigenvalue weighted by Crippen LogP contribution is -2.22. The summed E-state index contributed by atoms with van der Waals surface area (Å²) in [6.07, 6.45) is 3.30. The summed E-state index contributed by atoms with van der Waals surface area (Å²) in [4.78, 5) is 21.4. The molecular formula is C28H28FN7O2. The van der Waals surface area contributed by atoms with Crippen LogP contribution in [0.4, 0.5) is 32.2 Å². The molecule has 4 aromatic rings. The van der Waals surface area contributed by atoms with Gasteiger partial charge in [0.05, 0.1) is 23.6 Å². The second kappa shape index (κ2) is 9.97. The largest absolute Gasteiger partial charge is 0.455 e. The smallest absolute Gasteiger partial charge is 0.324 e. The Labute approximate surface area is 219 Å². The first kappa shape index (κ1) is 24.9. The van der Waals surface area contributed by atoms with E-state index in [2.05, 4.69) is 25.9 Å². The van der Waals surface area contributed by atoms with E-state index >= 15 is 0 Å². The van der Waals surface area contributed by atoms with E-state index in [9.17, 15) is 9.18 Å². The van der Waals surface area contributed by atoms with E-state index in [4.69, 9.17) is 9.84 Å². The first-order valence-electron chi connectivity index (χ1n) is 12.2. The van der Waals surface area contributed by atoms with Crippen molar-refractivity contribution in [1.29, 1.82) is 0 Å². The summed E-state index contributed by atoms with van der Waals surface area (Å²) in [5.74, 6) is 1.12. The van der Waals surface area contributed by atoms with Crippen LogP contribution in [0.2, 0.25) is 0 Å². The summed E-state index contributed by atoms with van der Waals surface area (Å²) in [7, 11) is 0. The zero-order valence-electron chi connectivity index (χ0n) is 21.5. The highest BCUT2D eigenvalue weighted by Gasteiger charge is 2.22. The molecule has 0 aliphatic carbocycles. The van der Waals surface area contributed by atoms with Gasteiger partial charge in [0.15, 0.2) is 11.6 Å². The molecular weight excluding hydrogens is 485 g/mol. The molecule has 2 aromatic heterocycles. The Morgan fingerprint density at radius 3 is 2.71 bits per heavy atom. The molecule has 194 valence electrons. The van der Waals surface area contributed by atoms with Crippen molar-refractivity contribution in [2.45, 2.75) is 33.1 Å². The van der Waals surface area contributed by atoms with Gasteiger partial charge in [0, 0.05) is 36.0 Å². The van der Waals surface area contributed by atoms with Gasteiger partial charge in [-0.1, -0.05) is 32.9 Å². The average molecular weight is 514 g/mol. The third kappa shape index (κ3) is 5.34. The van der Waals surface area contributed by atoms with Crippen molar-refractivity contribution in [2.75, 3.05) is 22.5 Å². The van der Waals surface area contributed by atoms with Crippen LogP contribution in [0.15, 0.2) is 65.8 Å². The maximum atomic E-state index is 14.9. The van der Waals surface area contributed by atoms with Crippen molar-refractivity contribution < 1.29 is 13.9 Å². The molecule has 1 aliphatic heterocycles. The normalized spacial score (nSPS) is 12.4. The van der Waals surface area contributed by atoms with Gasteiger partial charge in [-0.05, 0) is 36.8 Å². The number of pyridine rings is 1. The Hall–Kier alpha value is -4.73. The Morgan fingerprint density at radius 2 is 1.95 bits per heavy atom. The number of nitrogens with zero attached hydrogens (tertiary/aromatic N) is 4. The van der Waals surface area contributed by atoms with Gasteiger partial charge in [0.2, 0.25) is 0 Å². The molecule has 0 radical (unpaired) electrons. The van der Waals surface area contributed by atoms with Gasteiger partial charge < -0.3 is 15.4 Å². The van der Waals surface area contributed by atoms with Crippen LogP contribution in [-0.2, 0) is 5.41 Å². The highest BCUT2D eigenvalue weighted by atomic mass is 19.1. The molecule has 0 saturated carbocycles. The number of benzene rings is 2. The van der Waals surface area contributed by atoms with E-state index in [-0.39, 0.29) is 16.9 Å². The van der Waals surface area contributed by atoms with Crippen LogP contribution in [0, 0.1) is 12.7 Å². The Bertz CT molecular complexity index is 1540. The van der Waals surface area contributed by atoms with Crippen molar-refractivity contribution in [2.24, 2.45) is 4.99 Å². The highest BCUT2D eigenvalue weighted by molar-refractivity contribution is 5.99. The zero-order chi connectivity index (χ0) is 26.9. The van der Waals surface area contributed by atoms with E-state index in [1.165, 1.54) is 12.1 Å². The van der Waals surface area contributed by atoms with Gasteiger partial charge in [-0.2, -0.15) is 5.10 Å². The van der Waals surface area contributed by atoms with Crippen LogP contribution in [0.1, 0.15) is 32.0 Å². The number of hydrogen-bond donors (Lipinski definition) is 3. The molecule has 1 aliphatic rings. The van der Waals surface area contributed by atoms with Crippen LogP contribution in [0.3, 0.4) is 0 Å². The number of nitrogens with one attached hydrogen (secondary N) is 3. The predicted molar refractivity (Wildman–Crippen MR) is 147 cm³/mol. The number of halogens is 1. The maximum Gasteiger partial charge on any atom is 0.324 e. The first-order chi connectivity index (χ1) is 18.2. The van der Waals surface area contributed by atoms with Crippen molar-refractivity contribution in [3.05, 3.63) is 77.9 Å². The molecule has 2 amide bonds. The average Bonchev–Trinajstić information content (AvgIpc) is 3.30. The van der Waals surface area contributed by atoms with Crippen molar-refractivity contribution in [3.63, 3.8) is 0 Å². The van der Waals surface area contributed by atoms with Crippen molar-refractivity contribution in [1.82, 2.24) is 14.8 Å². The molecule has 9 nitrogen and oxygen atoms in total. The number of aromatic nitrogens is 3. The SMILES string of the molecule is Cc1cccc(-n2nc(C(C)(C)C)cc2NC(=O)Nc2ccc(Oc3ccnc4c3N=CCN4)cc2F)c1. The van der Waals surface area contributed by atoms with Gasteiger partial charge in [0.1, 0.15) is 23.1 Å². The lowest BCUT2D eigenvalue weighted by molar-refractivity contribution is 0.262. The van der Waals surface area contributed by atoms with Crippen LogP contribution in [0.25, 0.3) is 5.69 Å². The van der Waals surface area contributed by atoms with Gasteiger partial charge in [0.25, 0.3) is 0 Å². The fourth-order valence-electron chi connectivity index (χ4n) is 3.90. The van der Waals surface area contributed by atoms with Crippen LogP contribution >= 0.6 is 0 Å². The van der Waals surface area contributed by atoms with Gasteiger partial charge in [-0.15, -0.1) is 0 Å². The number of aryl methyl sites for hydroxylation is 1. The summed E-state index contributed by atoms with van der Waals surface area (Å²) in [5, 5.41) is 13.2. The maximum absolute atomic E-state index is 14.9. The zero-order valence-corrected chi connectivity index (χ0v) is 21.5. The van der Waals surface area contributed by atoms with E-state index in [1.807, 2.05) is 58.0 Å². The number of anilines is 3. The summed E-state index contributed by atoms with van der Waals surface area (Å²) in [6.45, 7) is 8.70. The Kier molecular flexibility index (Phi) is 6.54. The molecule has 10 heteroatoms. The van der Waals surface area contributed by atoms with Gasteiger partial charge >= 0.3 is 6.03 Å². The number of hydrogen-bond acceptors (Lipinski definition) is 6. The molecule has 0 atom stereocenters. The molecule has 3 N–H and O–H groups in total. The van der Waals surface area contributed by atoms with E-state index < -0.39 is 11.8 Å². The lowest BCUT2D eigenvalue weighted by Gasteiger charge is -2.15. The third-order valence-corrected chi connectivity index (χ3v) is 5.85. The minimum Gasteiger partial charge on any atom is -0.455 e. The van der Waals surface area contributed by atoms with Crippen molar-refractivity contribution in [3.8, 4) is 17.2 Å². The first-order valence-corrected chi connectivity index (χ1v) is 12.2. The summed E-state index contributed by atoms with van der Waals surface area (Å²) >= 11 is 0. The summed E-state index contributed by atoms with van der Waals surface area (Å²) in [6, 6.07) is 14.9.